The molecular formula is C20H26N2O2. The van der Waals surface area contributed by atoms with E-state index in [0.717, 1.165) is 37.4 Å². The van der Waals surface area contributed by atoms with Crippen LogP contribution in [0.2, 0.25) is 0 Å². The van der Waals surface area contributed by atoms with Crippen LogP contribution in [0.25, 0.3) is 0 Å². The lowest BCUT2D eigenvalue weighted by molar-refractivity contribution is 0.136. The van der Waals surface area contributed by atoms with Crippen molar-refractivity contribution in [2.24, 2.45) is 0 Å². The van der Waals surface area contributed by atoms with Gasteiger partial charge in [0.2, 0.25) is 0 Å². The summed E-state index contributed by atoms with van der Waals surface area (Å²) < 4.78 is 12.1. The summed E-state index contributed by atoms with van der Waals surface area (Å²) in [6, 6.07) is 18.5. The van der Waals surface area contributed by atoms with Gasteiger partial charge < -0.3 is 9.47 Å². The molecule has 0 saturated carbocycles. The number of rotatable bonds is 8. The zero-order valence-electron chi connectivity index (χ0n) is 14.2. The van der Waals surface area contributed by atoms with Crippen molar-refractivity contribution in [3.63, 3.8) is 0 Å². The van der Waals surface area contributed by atoms with E-state index in [4.69, 9.17) is 9.47 Å². The standard InChI is InChI=1S/C20H26N2O2/c1-2-23-17-10-6-7-11-18(17)24-19(20-21-14-15-22-20)13-12-16-8-4-3-5-9-16/h3-11,19-22H,2,12-15H2,1H3. The summed E-state index contributed by atoms with van der Waals surface area (Å²) in [4.78, 5) is 0. The molecule has 1 fully saturated rings. The highest BCUT2D eigenvalue weighted by Gasteiger charge is 2.26. The number of benzene rings is 2. The summed E-state index contributed by atoms with van der Waals surface area (Å²) in [6.07, 6.45) is 2.15. The van der Waals surface area contributed by atoms with Crippen molar-refractivity contribution in [2.45, 2.75) is 32.0 Å². The van der Waals surface area contributed by atoms with Gasteiger partial charge in [0.15, 0.2) is 11.5 Å². The van der Waals surface area contributed by atoms with Gasteiger partial charge in [-0.15, -0.1) is 0 Å². The topological polar surface area (TPSA) is 42.5 Å². The Morgan fingerprint density at radius 2 is 1.62 bits per heavy atom. The fourth-order valence-electron chi connectivity index (χ4n) is 3.02. The van der Waals surface area contributed by atoms with Crippen molar-refractivity contribution in [1.82, 2.24) is 10.6 Å². The van der Waals surface area contributed by atoms with Crippen molar-refractivity contribution in [1.29, 1.82) is 0 Å². The van der Waals surface area contributed by atoms with Crippen LogP contribution in [0, 0.1) is 0 Å². The molecule has 4 heteroatoms. The van der Waals surface area contributed by atoms with E-state index in [2.05, 4.69) is 41.0 Å². The monoisotopic (exact) mass is 326 g/mol. The molecule has 1 unspecified atom stereocenters. The van der Waals surface area contributed by atoms with Gasteiger partial charge in [-0.1, -0.05) is 42.5 Å². The molecule has 0 spiro atoms. The molecule has 1 saturated heterocycles. The minimum absolute atomic E-state index is 0.0503. The van der Waals surface area contributed by atoms with Gasteiger partial charge in [0.05, 0.1) is 12.8 Å². The van der Waals surface area contributed by atoms with Crippen LogP contribution in [0.1, 0.15) is 18.9 Å². The molecule has 4 nitrogen and oxygen atoms in total. The second-order valence-electron chi connectivity index (χ2n) is 5.95. The molecule has 0 bridgehead atoms. The molecule has 0 aromatic heterocycles. The average Bonchev–Trinajstić information content (AvgIpc) is 3.15. The molecule has 1 aliphatic rings. The minimum Gasteiger partial charge on any atom is -0.490 e. The van der Waals surface area contributed by atoms with Crippen molar-refractivity contribution in [2.75, 3.05) is 19.7 Å². The summed E-state index contributed by atoms with van der Waals surface area (Å²) in [5, 5.41) is 6.98. The first-order valence-electron chi connectivity index (χ1n) is 8.76. The zero-order chi connectivity index (χ0) is 16.6. The number of para-hydroxylation sites is 2. The van der Waals surface area contributed by atoms with Gasteiger partial charge in [0.25, 0.3) is 0 Å². The number of hydrogen-bond acceptors (Lipinski definition) is 4. The number of nitrogens with one attached hydrogen (secondary N) is 2. The fraction of sp³-hybridized carbons (Fsp3) is 0.400. The van der Waals surface area contributed by atoms with E-state index in [1.165, 1.54) is 5.56 Å². The van der Waals surface area contributed by atoms with Crippen molar-refractivity contribution in [3.8, 4) is 11.5 Å². The molecule has 0 aliphatic carbocycles. The lowest BCUT2D eigenvalue weighted by atomic mass is 10.1. The van der Waals surface area contributed by atoms with E-state index in [1.807, 2.05) is 31.2 Å². The van der Waals surface area contributed by atoms with Gasteiger partial charge in [0.1, 0.15) is 6.10 Å². The molecule has 2 aromatic carbocycles. The van der Waals surface area contributed by atoms with Crippen LogP contribution in [-0.4, -0.2) is 32.0 Å². The van der Waals surface area contributed by atoms with Crippen molar-refractivity contribution >= 4 is 0 Å². The lowest BCUT2D eigenvalue weighted by Crippen LogP contribution is -2.46. The van der Waals surface area contributed by atoms with Crippen LogP contribution in [-0.2, 0) is 6.42 Å². The first kappa shape index (κ1) is 16.8. The fourth-order valence-corrected chi connectivity index (χ4v) is 3.02. The maximum Gasteiger partial charge on any atom is 0.161 e. The second kappa shape index (κ2) is 8.71. The maximum atomic E-state index is 6.35. The Kier molecular flexibility index (Phi) is 6.10. The highest BCUT2D eigenvalue weighted by molar-refractivity contribution is 5.39. The van der Waals surface area contributed by atoms with Gasteiger partial charge in [-0.25, -0.2) is 0 Å². The van der Waals surface area contributed by atoms with E-state index < -0.39 is 0 Å². The average molecular weight is 326 g/mol. The Labute approximate surface area is 144 Å². The molecule has 1 atom stereocenters. The highest BCUT2D eigenvalue weighted by atomic mass is 16.5. The smallest absolute Gasteiger partial charge is 0.161 e. The molecular weight excluding hydrogens is 300 g/mol. The molecule has 1 heterocycles. The SMILES string of the molecule is CCOc1ccccc1OC(CCc1ccccc1)C1NCCN1. The normalized spacial score (nSPS) is 16.0. The summed E-state index contributed by atoms with van der Waals surface area (Å²) in [5.41, 5.74) is 1.34. The summed E-state index contributed by atoms with van der Waals surface area (Å²) in [6.45, 7) is 4.57. The predicted molar refractivity (Wildman–Crippen MR) is 96.6 cm³/mol. The molecule has 3 rings (SSSR count). The van der Waals surface area contributed by atoms with E-state index in [9.17, 15) is 0 Å². The summed E-state index contributed by atoms with van der Waals surface area (Å²) >= 11 is 0. The van der Waals surface area contributed by atoms with Crippen LogP contribution >= 0.6 is 0 Å². The van der Waals surface area contributed by atoms with Crippen LogP contribution in [0.5, 0.6) is 11.5 Å². The van der Waals surface area contributed by atoms with E-state index in [1.54, 1.807) is 0 Å². The Morgan fingerprint density at radius 1 is 0.958 bits per heavy atom. The van der Waals surface area contributed by atoms with E-state index in [-0.39, 0.29) is 12.3 Å². The Morgan fingerprint density at radius 3 is 2.33 bits per heavy atom. The Bertz CT molecular complexity index is 612. The molecule has 0 radical (unpaired) electrons. The predicted octanol–water partition coefficient (Wildman–Crippen LogP) is 2.98. The lowest BCUT2D eigenvalue weighted by Gasteiger charge is -2.26. The number of ether oxygens (including phenoxy) is 2. The summed E-state index contributed by atoms with van der Waals surface area (Å²) in [5.74, 6) is 1.62. The number of hydrogen-bond donors (Lipinski definition) is 2. The molecule has 2 aromatic rings. The van der Waals surface area contributed by atoms with Gasteiger partial charge in [-0.2, -0.15) is 0 Å². The third kappa shape index (κ3) is 4.49. The van der Waals surface area contributed by atoms with Gasteiger partial charge in [0, 0.05) is 13.1 Å². The van der Waals surface area contributed by atoms with Gasteiger partial charge in [-0.3, -0.25) is 10.6 Å². The molecule has 24 heavy (non-hydrogen) atoms. The molecule has 128 valence electrons. The first-order valence-corrected chi connectivity index (χ1v) is 8.76. The van der Waals surface area contributed by atoms with Crippen molar-refractivity contribution in [3.05, 3.63) is 60.2 Å². The Balaban J connectivity index is 1.70. The minimum atomic E-state index is 0.0503. The van der Waals surface area contributed by atoms with Crippen LogP contribution in [0.3, 0.4) is 0 Å². The second-order valence-corrected chi connectivity index (χ2v) is 5.95. The Hall–Kier alpha value is -2.04. The largest absolute Gasteiger partial charge is 0.490 e. The molecule has 0 amide bonds. The van der Waals surface area contributed by atoms with Crippen LogP contribution < -0.4 is 20.1 Å². The third-order valence-electron chi connectivity index (χ3n) is 4.21. The van der Waals surface area contributed by atoms with E-state index >= 15 is 0 Å². The van der Waals surface area contributed by atoms with E-state index in [0.29, 0.717) is 6.61 Å². The molecule has 2 N–H and O–H groups in total. The van der Waals surface area contributed by atoms with Crippen molar-refractivity contribution < 1.29 is 9.47 Å². The zero-order valence-corrected chi connectivity index (χ0v) is 14.2. The quantitative estimate of drug-likeness (QED) is 0.783. The maximum absolute atomic E-state index is 6.35. The number of aryl methyl sites for hydroxylation is 1. The third-order valence-corrected chi connectivity index (χ3v) is 4.21. The first-order chi connectivity index (χ1) is 11.9. The summed E-state index contributed by atoms with van der Waals surface area (Å²) in [7, 11) is 0. The molecule has 1 aliphatic heterocycles. The highest BCUT2D eigenvalue weighted by Crippen LogP contribution is 2.28. The van der Waals surface area contributed by atoms with Gasteiger partial charge >= 0.3 is 0 Å². The van der Waals surface area contributed by atoms with Crippen LogP contribution in [0.4, 0.5) is 0 Å². The van der Waals surface area contributed by atoms with Gasteiger partial charge in [-0.05, 0) is 37.5 Å². The van der Waals surface area contributed by atoms with Crippen LogP contribution in [0.15, 0.2) is 54.6 Å².